The topological polar surface area (TPSA) is 15.6 Å². The molecular formula is C14H20N2. The number of benzene rings is 1. The van der Waals surface area contributed by atoms with Crippen molar-refractivity contribution in [3.63, 3.8) is 0 Å². The smallest absolute Gasteiger partial charge is 0.118 e. The average Bonchev–Trinajstić information content (AvgIpc) is 2.30. The fourth-order valence-corrected chi connectivity index (χ4v) is 2.07. The van der Waals surface area contributed by atoms with Gasteiger partial charge in [-0.25, -0.2) is 0 Å². The van der Waals surface area contributed by atoms with Gasteiger partial charge in [-0.2, -0.15) is 0 Å². The minimum absolute atomic E-state index is 0.284. The van der Waals surface area contributed by atoms with Crippen molar-refractivity contribution < 1.29 is 0 Å². The lowest BCUT2D eigenvalue weighted by molar-refractivity contribution is 0.312. The highest BCUT2D eigenvalue weighted by Gasteiger charge is 2.10. The van der Waals surface area contributed by atoms with E-state index in [0.717, 1.165) is 11.9 Å². The Morgan fingerprint density at radius 2 is 2.06 bits per heavy atom. The maximum absolute atomic E-state index is 4.70. The summed E-state index contributed by atoms with van der Waals surface area (Å²) in [6.07, 6.45) is 6.37. The van der Waals surface area contributed by atoms with Crippen molar-refractivity contribution in [1.82, 2.24) is 4.90 Å². The summed E-state index contributed by atoms with van der Waals surface area (Å²) >= 11 is 0. The average molecular weight is 216 g/mol. The molecule has 2 rings (SSSR count). The van der Waals surface area contributed by atoms with E-state index < -0.39 is 0 Å². The first-order valence-corrected chi connectivity index (χ1v) is 6.21. The molecule has 0 radical (unpaired) electrons. The third kappa shape index (κ3) is 2.43. The summed E-state index contributed by atoms with van der Waals surface area (Å²) in [5, 5.41) is 2.37. The van der Waals surface area contributed by atoms with Gasteiger partial charge in [0.1, 0.15) is 6.17 Å². The molecular weight excluding hydrogens is 196 g/mol. The second kappa shape index (κ2) is 5.15. The highest BCUT2D eigenvalue weighted by molar-refractivity contribution is 5.25. The molecule has 0 saturated carbocycles. The summed E-state index contributed by atoms with van der Waals surface area (Å²) in [6.45, 7) is 5.52. The zero-order valence-electron chi connectivity index (χ0n) is 10.2. The molecule has 0 amide bonds. The van der Waals surface area contributed by atoms with E-state index >= 15 is 0 Å². The Labute approximate surface area is 97.3 Å². The van der Waals surface area contributed by atoms with Crippen molar-refractivity contribution in [2.24, 2.45) is 4.99 Å². The first-order chi connectivity index (χ1) is 7.81. The molecule has 1 atom stereocenters. The highest BCUT2D eigenvalue weighted by atomic mass is 15.2. The summed E-state index contributed by atoms with van der Waals surface area (Å²) in [5.41, 5.74) is 0. The summed E-state index contributed by atoms with van der Waals surface area (Å²) in [5.74, 6) is 0. The van der Waals surface area contributed by atoms with E-state index in [1.807, 2.05) is 0 Å². The van der Waals surface area contributed by atoms with Gasteiger partial charge in [-0.15, -0.1) is 0 Å². The Morgan fingerprint density at radius 3 is 2.88 bits per heavy atom. The largest absolute Gasteiger partial charge is 0.356 e. The predicted molar refractivity (Wildman–Crippen MR) is 67.4 cm³/mol. The van der Waals surface area contributed by atoms with Crippen LogP contribution in [-0.2, 0) is 0 Å². The third-order valence-corrected chi connectivity index (χ3v) is 3.07. The summed E-state index contributed by atoms with van der Waals surface area (Å²) in [4.78, 5) is 7.05. The van der Waals surface area contributed by atoms with Crippen LogP contribution in [0.25, 0.3) is 6.20 Å². The zero-order chi connectivity index (χ0) is 11.4. The maximum atomic E-state index is 4.70. The van der Waals surface area contributed by atoms with Crippen LogP contribution in [-0.4, -0.2) is 17.6 Å². The maximum Gasteiger partial charge on any atom is 0.118 e. The molecule has 1 aliphatic heterocycles. The van der Waals surface area contributed by atoms with Gasteiger partial charge in [-0.3, -0.25) is 4.99 Å². The van der Waals surface area contributed by atoms with E-state index in [1.165, 1.54) is 24.5 Å². The number of hydrogen-bond acceptors (Lipinski definition) is 2. The normalized spacial score (nSPS) is 18.6. The van der Waals surface area contributed by atoms with Crippen molar-refractivity contribution in [1.29, 1.82) is 0 Å². The first kappa shape index (κ1) is 11.2. The fourth-order valence-electron chi connectivity index (χ4n) is 2.07. The van der Waals surface area contributed by atoms with Crippen LogP contribution in [0.5, 0.6) is 0 Å². The molecule has 86 valence electrons. The minimum Gasteiger partial charge on any atom is -0.356 e. The molecule has 0 bridgehead atoms. The second-order valence-electron chi connectivity index (χ2n) is 4.39. The van der Waals surface area contributed by atoms with Crippen LogP contribution in [0.4, 0.5) is 0 Å². The standard InChI is InChI=1S/C14H20N2/c1-3-4-7-10-16-11-13-8-5-6-9-14(13)15-12(16)2/h5-6,8-9,11-12H,3-4,7,10H2,1-2H3. The van der Waals surface area contributed by atoms with Crippen molar-refractivity contribution >= 4 is 6.20 Å². The van der Waals surface area contributed by atoms with E-state index in [-0.39, 0.29) is 6.17 Å². The van der Waals surface area contributed by atoms with Crippen molar-refractivity contribution in [2.45, 2.75) is 39.3 Å². The van der Waals surface area contributed by atoms with Crippen molar-refractivity contribution in [2.75, 3.05) is 6.54 Å². The number of nitrogens with zero attached hydrogens (tertiary/aromatic N) is 2. The van der Waals surface area contributed by atoms with Crippen molar-refractivity contribution in [3.05, 3.63) is 34.8 Å². The monoisotopic (exact) mass is 216 g/mol. The number of rotatable bonds is 4. The van der Waals surface area contributed by atoms with Gasteiger partial charge in [0.05, 0.1) is 5.36 Å². The van der Waals surface area contributed by atoms with Crippen LogP contribution in [0.15, 0.2) is 29.3 Å². The van der Waals surface area contributed by atoms with E-state index in [4.69, 9.17) is 4.99 Å². The first-order valence-electron chi connectivity index (χ1n) is 6.21. The zero-order valence-corrected chi connectivity index (χ0v) is 10.2. The summed E-state index contributed by atoms with van der Waals surface area (Å²) < 4.78 is 0. The van der Waals surface area contributed by atoms with Gasteiger partial charge in [0.25, 0.3) is 0 Å². The van der Waals surface area contributed by atoms with Gasteiger partial charge in [0.2, 0.25) is 0 Å². The number of para-hydroxylation sites is 1. The van der Waals surface area contributed by atoms with Crippen LogP contribution < -0.4 is 10.6 Å². The van der Waals surface area contributed by atoms with Crippen LogP contribution in [0.3, 0.4) is 0 Å². The molecule has 1 aromatic carbocycles. The Bertz CT molecular complexity index is 450. The fraction of sp³-hybridized carbons (Fsp3) is 0.500. The van der Waals surface area contributed by atoms with Crippen LogP contribution in [0, 0.1) is 0 Å². The molecule has 1 aliphatic rings. The molecule has 1 unspecified atom stereocenters. The number of hydrogen-bond donors (Lipinski definition) is 0. The van der Waals surface area contributed by atoms with Crippen LogP contribution in [0.2, 0.25) is 0 Å². The molecule has 2 heteroatoms. The predicted octanol–water partition coefficient (Wildman–Crippen LogP) is 1.90. The second-order valence-corrected chi connectivity index (χ2v) is 4.39. The number of unbranched alkanes of at least 4 members (excludes halogenated alkanes) is 2. The van der Waals surface area contributed by atoms with Crippen LogP contribution in [0.1, 0.15) is 33.1 Å². The van der Waals surface area contributed by atoms with E-state index in [1.54, 1.807) is 0 Å². The molecule has 0 N–H and O–H groups in total. The Morgan fingerprint density at radius 1 is 1.25 bits per heavy atom. The molecule has 0 aromatic heterocycles. The SMILES string of the molecule is CCCCCN1C=c2ccccc2=NC1C. The molecule has 1 heterocycles. The minimum atomic E-state index is 0.284. The third-order valence-electron chi connectivity index (χ3n) is 3.07. The molecule has 0 spiro atoms. The molecule has 16 heavy (non-hydrogen) atoms. The molecule has 0 aliphatic carbocycles. The van der Waals surface area contributed by atoms with Gasteiger partial charge in [0, 0.05) is 18.0 Å². The molecule has 0 fully saturated rings. The molecule has 0 saturated heterocycles. The Hall–Kier alpha value is -1.31. The van der Waals surface area contributed by atoms with Gasteiger partial charge >= 0.3 is 0 Å². The Kier molecular flexibility index (Phi) is 3.60. The van der Waals surface area contributed by atoms with Gasteiger partial charge in [0.15, 0.2) is 0 Å². The van der Waals surface area contributed by atoms with E-state index in [0.29, 0.717) is 0 Å². The molecule has 2 nitrogen and oxygen atoms in total. The van der Waals surface area contributed by atoms with E-state index in [2.05, 4.69) is 49.2 Å². The van der Waals surface area contributed by atoms with E-state index in [9.17, 15) is 0 Å². The van der Waals surface area contributed by atoms with Crippen LogP contribution >= 0.6 is 0 Å². The summed E-state index contributed by atoms with van der Waals surface area (Å²) in [7, 11) is 0. The Balaban J connectivity index is 2.16. The van der Waals surface area contributed by atoms with Gasteiger partial charge in [-0.1, -0.05) is 38.0 Å². The summed E-state index contributed by atoms with van der Waals surface area (Å²) in [6, 6.07) is 8.35. The lowest BCUT2D eigenvalue weighted by Gasteiger charge is -2.27. The quantitative estimate of drug-likeness (QED) is 0.702. The van der Waals surface area contributed by atoms with Gasteiger partial charge < -0.3 is 4.90 Å². The molecule has 1 aromatic rings. The lowest BCUT2D eigenvalue weighted by atomic mass is 10.2. The van der Waals surface area contributed by atoms with Crippen molar-refractivity contribution in [3.8, 4) is 0 Å². The number of fused-ring (bicyclic) bond motifs is 1. The lowest BCUT2D eigenvalue weighted by Crippen LogP contribution is -2.40. The van der Waals surface area contributed by atoms with Gasteiger partial charge in [-0.05, 0) is 19.4 Å². The highest BCUT2D eigenvalue weighted by Crippen LogP contribution is 2.06.